The first-order valence-corrected chi connectivity index (χ1v) is 5.32. The van der Waals surface area contributed by atoms with Gasteiger partial charge >= 0.3 is 0 Å². The molecule has 2 aromatic rings. The first kappa shape index (κ1) is 10.1. The lowest BCUT2D eigenvalue weighted by atomic mass is 10.2. The number of hydrogen-bond acceptors (Lipinski definition) is 2. The Morgan fingerprint density at radius 3 is 3.07 bits per heavy atom. The third kappa shape index (κ3) is 2.30. The number of aromatic nitrogens is 1. The Labute approximate surface area is 89.5 Å². The van der Waals surface area contributed by atoms with Crippen LogP contribution in [0.25, 0.3) is 11.3 Å². The van der Waals surface area contributed by atoms with Gasteiger partial charge in [-0.2, -0.15) is 0 Å². The van der Waals surface area contributed by atoms with E-state index in [-0.39, 0.29) is 0 Å². The molecule has 3 heteroatoms. The third-order valence-corrected chi connectivity index (χ3v) is 2.35. The van der Waals surface area contributed by atoms with Gasteiger partial charge in [-0.05, 0) is 31.2 Å². The van der Waals surface area contributed by atoms with Crippen molar-refractivity contribution in [3.8, 4) is 11.3 Å². The van der Waals surface area contributed by atoms with E-state index < -0.39 is 0 Å². The van der Waals surface area contributed by atoms with E-state index in [9.17, 15) is 0 Å². The van der Waals surface area contributed by atoms with Crippen LogP contribution >= 0.6 is 0 Å². The molecule has 2 aromatic heterocycles. The fraction of sp³-hybridized carbons (Fsp3) is 0.333. The van der Waals surface area contributed by atoms with E-state index in [4.69, 9.17) is 4.42 Å². The molecule has 0 aliphatic heterocycles. The SMILES string of the molecule is CCCNCc1occc1-c1ccc[nH]1. The standard InChI is InChI=1S/C12H16N2O/c1-2-6-13-9-12-10(5-8-15-12)11-4-3-7-14-11/h3-5,7-8,13-14H,2,6,9H2,1H3. The molecule has 2 N–H and O–H groups in total. The molecule has 80 valence electrons. The van der Waals surface area contributed by atoms with Crippen molar-refractivity contribution in [2.75, 3.05) is 6.54 Å². The zero-order valence-corrected chi connectivity index (χ0v) is 8.92. The van der Waals surface area contributed by atoms with E-state index in [1.807, 2.05) is 24.4 Å². The second kappa shape index (κ2) is 4.84. The summed E-state index contributed by atoms with van der Waals surface area (Å²) < 4.78 is 5.45. The summed E-state index contributed by atoms with van der Waals surface area (Å²) in [5.74, 6) is 0.992. The maximum atomic E-state index is 5.45. The predicted octanol–water partition coefficient (Wildman–Crippen LogP) is 2.77. The van der Waals surface area contributed by atoms with Gasteiger partial charge in [-0.15, -0.1) is 0 Å². The van der Waals surface area contributed by atoms with Gasteiger partial charge in [-0.1, -0.05) is 6.92 Å². The number of aromatic amines is 1. The zero-order chi connectivity index (χ0) is 10.5. The van der Waals surface area contributed by atoms with Gasteiger partial charge in [0.2, 0.25) is 0 Å². The normalized spacial score (nSPS) is 10.7. The minimum Gasteiger partial charge on any atom is -0.467 e. The topological polar surface area (TPSA) is 41.0 Å². The van der Waals surface area contributed by atoms with Crippen LogP contribution in [0.15, 0.2) is 35.1 Å². The number of nitrogens with one attached hydrogen (secondary N) is 2. The van der Waals surface area contributed by atoms with Crippen LogP contribution in [0.5, 0.6) is 0 Å². The molecule has 0 bridgehead atoms. The monoisotopic (exact) mass is 204 g/mol. The van der Waals surface area contributed by atoms with Crippen molar-refractivity contribution in [2.45, 2.75) is 19.9 Å². The summed E-state index contributed by atoms with van der Waals surface area (Å²) in [6, 6.07) is 6.04. The van der Waals surface area contributed by atoms with Crippen LogP contribution in [-0.4, -0.2) is 11.5 Å². The summed E-state index contributed by atoms with van der Waals surface area (Å²) in [7, 11) is 0. The third-order valence-electron chi connectivity index (χ3n) is 2.35. The summed E-state index contributed by atoms with van der Waals surface area (Å²) in [6.07, 6.45) is 4.79. The van der Waals surface area contributed by atoms with Gasteiger partial charge in [-0.3, -0.25) is 0 Å². The first-order chi connectivity index (χ1) is 7.42. The van der Waals surface area contributed by atoms with Crippen LogP contribution < -0.4 is 5.32 Å². The second-order valence-electron chi connectivity index (χ2n) is 3.52. The maximum absolute atomic E-state index is 5.45. The van der Waals surface area contributed by atoms with Crippen molar-refractivity contribution in [1.82, 2.24) is 10.3 Å². The number of rotatable bonds is 5. The van der Waals surface area contributed by atoms with Gasteiger partial charge in [0, 0.05) is 17.5 Å². The lowest BCUT2D eigenvalue weighted by Crippen LogP contribution is -2.13. The van der Waals surface area contributed by atoms with Crippen LogP contribution in [0.4, 0.5) is 0 Å². The molecule has 0 amide bonds. The number of furan rings is 1. The molecular formula is C12H16N2O. The van der Waals surface area contributed by atoms with E-state index in [1.54, 1.807) is 6.26 Å². The van der Waals surface area contributed by atoms with Crippen molar-refractivity contribution in [1.29, 1.82) is 0 Å². The Morgan fingerprint density at radius 2 is 2.33 bits per heavy atom. The minimum atomic E-state index is 0.787. The van der Waals surface area contributed by atoms with Gasteiger partial charge in [0.15, 0.2) is 0 Å². The Balaban J connectivity index is 2.09. The minimum absolute atomic E-state index is 0.787. The molecule has 0 saturated carbocycles. The molecule has 0 unspecified atom stereocenters. The molecule has 0 aliphatic rings. The molecule has 0 aliphatic carbocycles. The van der Waals surface area contributed by atoms with Crippen molar-refractivity contribution in [3.63, 3.8) is 0 Å². The van der Waals surface area contributed by atoms with Crippen molar-refractivity contribution < 1.29 is 4.42 Å². The van der Waals surface area contributed by atoms with Gasteiger partial charge < -0.3 is 14.7 Å². The lowest BCUT2D eigenvalue weighted by Gasteiger charge is -2.02. The molecule has 0 radical (unpaired) electrons. The fourth-order valence-electron chi connectivity index (χ4n) is 1.59. The van der Waals surface area contributed by atoms with E-state index in [0.717, 1.165) is 36.5 Å². The van der Waals surface area contributed by atoms with Crippen molar-refractivity contribution in [2.24, 2.45) is 0 Å². The van der Waals surface area contributed by atoms with E-state index in [2.05, 4.69) is 17.2 Å². The summed E-state index contributed by atoms with van der Waals surface area (Å²) in [5.41, 5.74) is 2.25. The highest BCUT2D eigenvalue weighted by molar-refractivity contribution is 5.61. The van der Waals surface area contributed by atoms with Crippen molar-refractivity contribution in [3.05, 3.63) is 36.4 Å². The Kier molecular flexibility index (Phi) is 3.25. The smallest absolute Gasteiger partial charge is 0.126 e. The average molecular weight is 204 g/mol. The molecule has 0 aromatic carbocycles. The van der Waals surface area contributed by atoms with Crippen molar-refractivity contribution >= 4 is 0 Å². The molecule has 0 spiro atoms. The number of hydrogen-bond donors (Lipinski definition) is 2. The highest BCUT2D eigenvalue weighted by Crippen LogP contribution is 2.22. The van der Waals surface area contributed by atoms with Crippen LogP contribution in [0, 0.1) is 0 Å². The van der Waals surface area contributed by atoms with E-state index >= 15 is 0 Å². The summed E-state index contributed by atoms with van der Waals surface area (Å²) in [5, 5.41) is 3.33. The maximum Gasteiger partial charge on any atom is 0.126 e. The van der Waals surface area contributed by atoms with Gasteiger partial charge in [0.25, 0.3) is 0 Å². The summed E-state index contributed by atoms with van der Waals surface area (Å²) in [4.78, 5) is 3.18. The molecule has 15 heavy (non-hydrogen) atoms. The Bertz CT molecular complexity index is 389. The lowest BCUT2D eigenvalue weighted by molar-refractivity contribution is 0.484. The van der Waals surface area contributed by atoms with Gasteiger partial charge in [-0.25, -0.2) is 0 Å². The quantitative estimate of drug-likeness (QED) is 0.735. The molecule has 3 nitrogen and oxygen atoms in total. The summed E-state index contributed by atoms with van der Waals surface area (Å²) in [6.45, 7) is 3.96. The van der Waals surface area contributed by atoms with Crippen LogP contribution in [0.1, 0.15) is 19.1 Å². The first-order valence-electron chi connectivity index (χ1n) is 5.32. The molecule has 2 heterocycles. The second-order valence-corrected chi connectivity index (χ2v) is 3.52. The predicted molar refractivity (Wildman–Crippen MR) is 60.5 cm³/mol. The Hall–Kier alpha value is -1.48. The largest absolute Gasteiger partial charge is 0.467 e. The zero-order valence-electron chi connectivity index (χ0n) is 8.92. The molecular weight excluding hydrogens is 188 g/mol. The molecule has 0 atom stereocenters. The Morgan fingerprint density at radius 1 is 1.40 bits per heavy atom. The van der Waals surface area contributed by atoms with E-state index in [0.29, 0.717) is 0 Å². The molecule has 2 rings (SSSR count). The molecule has 0 saturated heterocycles. The number of H-pyrrole nitrogens is 1. The van der Waals surface area contributed by atoms with Crippen LogP contribution in [-0.2, 0) is 6.54 Å². The highest BCUT2D eigenvalue weighted by Gasteiger charge is 2.08. The van der Waals surface area contributed by atoms with E-state index in [1.165, 1.54) is 0 Å². The summed E-state index contributed by atoms with van der Waals surface area (Å²) >= 11 is 0. The van der Waals surface area contributed by atoms with Gasteiger partial charge in [0.05, 0.1) is 12.8 Å². The van der Waals surface area contributed by atoms with Gasteiger partial charge in [0.1, 0.15) is 5.76 Å². The molecule has 0 fully saturated rings. The fourth-order valence-corrected chi connectivity index (χ4v) is 1.59. The van der Waals surface area contributed by atoms with Crippen LogP contribution in [0.3, 0.4) is 0 Å². The average Bonchev–Trinajstić information content (AvgIpc) is 2.87. The van der Waals surface area contributed by atoms with Crippen LogP contribution in [0.2, 0.25) is 0 Å². The highest BCUT2D eigenvalue weighted by atomic mass is 16.3.